The highest BCUT2D eigenvalue weighted by atomic mass is 19.4. The summed E-state index contributed by atoms with van der Waals surface area (Å²) in [5.41, 5.74) is 4.39. The van der Waals surface area contributed by atoms with Crippen LogP contribution in [0, 0.1) is 0 Å². The molecule has 0 aromatic heterocycles. The maximum atomic E-state index is 12.0. The van der Waals surface area contributed by atoms with Gasteiger partial charge in [-0.05, 0) is 12.1 Å². The Balaban J connectivity index is 3.18. The second-order valence-corrected chi connectivity index (χ2v) is 2.39. The molecule has 0 unspecified atom stereocenters. The molecule has 1 aromatic carbocycles. The lowest BCUT2D eigenvalue weighted by molar-refractivity contribution is -0.137. The van der Waals surface area contributed by atoms with Crippen LogP contribution in [0.25, 0.3) is 0 Å². The summed E-state index contributed by atoms with van der Waals surface area (Å²) >= 11 is 0. The van der Waals surface area contributed by atoms with Crippen molar-refractivity contribution < 1.29 is 13.2 Å². The predicted octanol–water partition coefficient (Wildman–Crippen LogP) is 1.08. The number of nitrogens with two attached hydrogens (primary N) is 1. The summed E-state index contributed by atoms with van der Waals surface area (Å²) in [6.45, 7) is 0. The smallest absolute Gasteiger partial charge is 0.399 e. The Hall–Kier alpha value is -1.13. The molecule has 0 aliphatic heterocycles. The number of halogens is 3. The zero-order valence-corrected chi connectivity index (χ0v) is 6.02. The van der Waals surface area contributed by atoms with Crippen LogP contribution in [0.2, 0.25) is 0 Å². The Morgan fingerprint density at radius 3 is 2.17 bits per heavy atom. The number of anilines is 1. The summed E-state index contributed by atoms with van der Waals surface area (Å²) < 4.78 is 36.1. The third-order valence-corrected chi connectivity index (χ3v) is 1.30. The van der Waals surface area contributed by atoms with E-state index in [0.29, 0.717) is 0 Å². The van der Waals surface area contributed by atoms with Gasteiger partial charge in [-0.1, -0.05) is 11.5 Å². The largest absolute Gasteiger partial charge is 0.416 e. The van der Waals surface area contributed by atoms with Crippen LogP contribution in [0.15, 0.2) is 18.2 Å². The molecule has 2 N–H and O–H groups in total. The summed E-state index contributed by atoms with van der Waals surface area (Å²) in [6.07, 6.45) is -4.39. The average Bonchev–Trinajstić information content (AvgIpc) is 1.82. The molecule has 12 heavy (non-hydrogen) atoms. The molecule has 0 heterocycles. The maximum Gasteiger partial charge on any atom is 0.416 e. The van der Waals surface area contributed by atoms with Crippen molar-refractivity contribution >= 4 is 19.0 Å². The fourth-order valence-electron chi connectivity index (χ4n) is 0.840. The minimum absolute atomic E-state index is 0.0160. The summed E-state index contributed by atoms with van der Waals surface area (Å²) in [5.74, 6) is 0. The van der Waals surface area contributed by atoms with Crippen molar-refractivity contribution in [2.45, 2.75) is 6.18 Å². The topological polar surface area (TPSA) is 26.0 Å². The zero-order chi connectivity index (χ0) is 9.35. The molecule has 0 saturated heterocycles. The Labute approximate surface area is 68.8 Å². The van der Waals surface area contributed by atoms with Gasteiger partial charge in [-0.3, -0.25) is 0 Å². The van der Waals surface area contributed by atoms with Crippen LogP contribution in [-0.2, 0) is 6.18 Å². The maximum absolute atomic E-state index is 12.0. The first kappa shape index (κ1) is 8.97. The van der Waals surface area contributed by atoms with E-state index >= 15 is 0 Å². The Morgan fingerprint density at radius 1 is 1.17 bits per heavy atom. The van der Waals surface area contributed by atoms with Gasteiger partial charge in [-0.25, -0.2) is 0 Å². The highest BCUT2D eigenvalue weighted by Gasteiger charge is 2.30. The van der Waals surface area contributed by atoms with Crippen LogP contribution in [0.1, 0.15) is 5.56 Å². The number of hydrogen-bond donors (Lipinski definition) is 1. The first-order valence-corrected chi connectivity index (χ1v) is 3.13. The van der Waals surface area contributed by atoms with Gasteiger partial charge in [0.2, 0.25) is 0 Å². The summed E-state index contributed by atoms with van der Waals surface area (Å²) in [4.78, 5) is 0. The summed E-state index contributed by atoms with van der Waals surface area (Å²) in [7, 11) is 5.18. The Morgan fingerprint density at radius 2 is 1.75 bits per heavy atom. The zero-order valence-electron chi connectivity index (χ0n) is 6.02. The van der Waals surface area contributed by atoms with E-state index in [9.17, 15) is 13.2 Å². The summed E-state index contributed by atoms with van der Waals surface area (Å²) in [6, 6.07) is 2.96. The first-order valence-electron chi connectivity index (χ1n) is 3.13. The molecule has 5 heteroatoms. The number of rotatable bonds is 0. The lowest BCUT2D eigenvalue weighted by Crippen LogP contribution is -2.12. The van der Waals surface area contributed by atoms with Gasteiger partial charge in [0.25, 0.3) is 0 Å². The van der Waals surface area contributed by atoms with Crippen molar-refractivity contribution in [3.8, 4) is 0 Å². The fourth-order valence-corrected chi connectivity index (χ4v) is 0.840. The third-order valence-electron chi connectivity index (χ3n) is 1.30. The third kappa shape index (κ3) is 1.93. The number of hydrogen-bond acceptors (Lipinski definition) is 1. The van der Waals surface area contributed by atoms with Crippen LogP contribution in [-0.4, -0.2) is 7.85 Å². The SMILES string of the molecule is [B]c1cc(N)cc(C(F)(F)F)c1. The molecular weight excluding hydrogens is 166 g/mol. The van der Waals surface area contributed by atoms with E-state index in [4.69, 9.17) is 13.6 Å². The van der Waals surface area contributed by atoms with E-state index in [-0.39, 0.29) is 11.2 Å². The van der Waals surface area contributed by atoms with E-state index in [2.05, 4.69) is 0 Å². The van der Waals surface area contributed by atoms with Gasteiger partial charge in [-0.2, -0.15) is 13.2 Å². The van der Waals surface area contributed by atoms with Gasteiger partial charge in [-0.15, -0.1) is 0 Å². The lowest BCUT2D eigenvalue weighted by Gasteiger charge is -2.08. The van der Waals surface area contributed by atoms with E-state index < -0.39 is 11.7 Å². The predicted molar refractivity (Wildman–Crippen MR) is 41.2 cm³/mol. The molecule has 62 valence electrons. The van der Waals surface area contributed by atoms with Crippen molar-refractivity contribution in [3.63, 3.8) is 0 Å². The highest BCUT2D eigenvalue weighted by molar-refractivity contribution is 6.32. The molecule has 0 atom stereocenters. The number of nitrogen functional groups attached to an aromatic ring is 1. The minimum Gasteiger partial charge on any atom is -0.399 e. The van der Waals surface area contributed by atoms with Gasteiger partial charge in [0, 0.05) is 5.69 Å². The van der Waals surface area contributed by atoms with Gasteiger partial charge in [0.05, 0.1) is 5.56 Å². The van der Waals surface area contributed by atoms with E-state index in [1.54, 1.807) is 0 Å². The van der Waals surface area contributed by atoms with Gasteiger partial charge in [0.15, 0.2) is 0 Å². The van der Waals surface area contributed by atoms with E-state index in [1.807, 2.05) is 0 Å². The monoisotopic (exact) mass is 171 g/mol. The van der Waals surface area contributed by atoms with Crippen molar-refractivity contribution in [2.75, 3.05) is 5.73 Å². The highest BCUT2D eigenvalue weighted by Crippen LogP contribution is 2.29. The molecular formula is C7H5BF3N. The molecule has 2 radical (unpaired) electrons. The van der Waals surface area contributed by atoms with E-state index in [0.717, 1.165) is 12.1 Å². The standard InChI is InChI=1S/C7H5BF3N/c8-5-1-4(7(9,10)11)2-6(12)3-5/h1-3H,12H2. The van der Waals surface area contributed by atoms with Crippen molar-refractivity contribution in [3.05, 3.63) is 23.8 Å². The minimum atomic E-state index is -4.39. The molecule has 0 bridgehead atoms. The molecule has 0 spiro atoms. The average molecular weight is 171 g/mol. The molecule has 1 aromatic rings. The second-order valence-electron chi connectivity index (χ2n) is 2.39. The fraction of sp³-hybridized carbons (Fsp3) is 0.143. The normalized spacial score (nSPS) is 11.6. The van der Waals surface area contributed by atoms with Gasteiger partial charge in [0.1, 0.15) is 7.85 Å². The molecule has 0 saturated carbocycles. The Kier molecular flexibility index (Phi) is 2.04. The van der Waals surface area contributed by atoms with Gasteiger partial charge >= 0.3 is 6.18 Å². The Bertz CT molecular complexity index is 275. The first-order chi connectivity index (χ1) is 5.39. The van der Waals surface area contributed by atoms with Crippen molar-refractivity contribution in [1.82, 2.24) is 0 Å². The van der Waals surface area contributed by atoms with Gasteiger partial charge < -0.3 is 5.73 Å². The molecule has 1 rings (SSSR count). The molecule has 1 nitrogen and oxygen atoms in total. The summed E-state index contributed by atoms with van der Waals surface area (Å²) in [5, 5.41) is 0. The van der Waals surface area contributed by atoms with Crippen LogP contribution in [0.3, 0.4) is 0 Å². The van der Waals surface area contributed by atoms with Crippen molar-refractivity contribution in [1.29, 1.82) is 0 Å². The molecule has 0 aliphatic rings. The van der Waals surface area contributed by atoms with Crippen LogP contribution >= 0.6 is 0 Å². The number of benzene rings is 1. The van der Waals surface area contributed by atoms with Crippen LogP contribution in [0.4, 0.5) is 18.9 Å². The van der Waals surface area contributed by atoms with E-state index in [1.165, 1.54) is 6.07 Å². The quantitative estimate of drug-likeness (QED) is 0.458. The van der Waals surface area contributed by atoms with Crippen LogP contribution < -0.4 is 11.2 Å². The lowest BCUT2D eigenvalue weighted by atomic mass is 9.93. The number of alkyl halides is 3. The second kappa shape index (κ2) is 2.73. The molecule has 0 aliphatic carbocycles. The van der Waals surface area contributed by atoms with Crippen LogP contribution in [0.5, 0.6) is 0 Å². The molecule has 0 fully saturated rings. The van der Waals surface area contributed by atoms with Crippen molar-refractivity contribution in [2.24, 2.45) is 0 Å². The molecule has 0 amide bonds.